The lowest BCUT2D eigenvalue weighted by Gasteiger charge is -2.10. The molecule has 1 aliphatic rings. The summed E-state index contributed by atoms with van der Waals surface area (Å²) in [6.07, 6.45) is 0.819. The van der Waals surface area contributed by atoms with Crippen LogP contribution in [0.4, 0.5) is 4.39 Å². The summed E-state index contributed by atoms with van der Waals surface area (Å²) in [7, 11) is 0. The van der Waals surface area contributed by atoms with Gasteiger partial charge in [-0.15, -0.1) is 0 Å². The van der Waals surface area contributed by atoms with E-state index in [2.05, 4.69) is 5.32 Å². The minimum atomic E-state index is -0.580. The molecule has 1 aliphatic heterocycles. The van der Waals surface area contributed by atoms with Crippen molar-refractivity contribution >= 4 is 5.91 Å². The molecule has 0 fully saturated rings. The first-order valence-electron chi connectivity index (χ1n) is 7.29. The molecular formula is C17H16FNO4. The number of hydrogen-bond acceptors (Lipinski definition) is 4. The zero-order valence-corrected chi connectivity index (χ0v) is 12.3. The summed E-state index contributed by atoms with van der Waals surface area (Å²) in [5.74, 6) is -0.0663. The van der Waals surface area contributed by atoms with Crippen LogP contribution in [0.25, 0.3) is 0 Å². The van der Waals surface area contributed by atoms with Crippen LogP contribution < -0.4 is 14.8 Å². The number of benzene rings is 2. The van der Waals surface area contributed by atoms with Crippen LogP contribution in [-0.4, -0.2) is 24.2 Å². The second-order valence-corrected chi connectivity index (χ2v) is 5.18. The number of fused-ring (bicyclic) bond motifs is 1. The minimum Gasteiger partial charge on any atom is -0.507 e. The van der Waals surface area contributed by atoms with Crippen LogP contribution in [0.15, 0.2) is 36.4 Å². The maximum Gasteiger partial charge on any atom is 0.255 e. The highest BCUT2D eigenvalue weighted by Gasteiger charge is 2.14. The van der Waals surface area contributed by atoms with Crippen LogP contribution in [0.5, 0.6) is 17.2 Å². The average molecular weight is 317 g/mol. The van der Waals surface area contributed by atoms with E-state index in [9.17, 15) is 14.3 Å². The molecule has 0 unspecified atom stereocenters. The highest BCUT2D eigenvalue weighted by molar-refractivity contribution is 5.96. The molecule has 0 aliphatic carbocycles. The van der Waals surface area contributed by atoms with Crippen molar-refractivity contribution < 1.29 is 23.8 Å². The molecule has 3 rings (SSSR count). The zero-order valence-electron chi connectivity index (χ0n) is 12.3. The van der Waals surface area contributed by atoms with E-state index in [4.69, 9.17) is 9.47 Å². The van der Waals surface area contributed by atoms with Crippen molar-refractivity contribution in [2.75, 3.05) is 13.2 Å². The molecule has 0 bridgehead atoms. The van der Waals surface area contributed by atoms with Crippen molar-refractivity contribution in [1.29, 1.82) is 0 Å². The Bertz CT molecular complexity index is 733. The van der Waals surface area contributed by atoms with Crippen LogP contribution in [0, 0.1) is 5.82 Å². The molecule has 2 aromatic carbocycles. The number of carbonyl (C=O) groups is 1. The second kappa shape index (κ2) is 6.56. The highest BCUT2D eigenvalue weighted by atomic mass is 19.1. The lowest BCUT2D eigenvalue weighted by Crippen LogP contribution is -2.23. The highest BCUT2D eigenvalue weighted by Crippen LogP contribution is 2.30. The third kappa shape index (κ3) is 3.53. The lowest BCUT2D eigenvalue weighted by molar-refractivity contribution is 0.0947. The van der Waals surface area contributed by atoms with Crippen molar-refractivity contribution in [3.05, 3.63) is 53.3 Å². The minimum absolute atomic E-state index is 0.0978. The summed E-state index contributed by atoms with van der Waals surface area (Å²) in [5.41, 5.74) is 0.720. The predicted molar refractivity (Wildman–Crippen MR) is 81.3 cm³/mol. The fraction of sp³-hybridized carbons (Fsp3) is 0.235. The van der Waals surface area contributed by atoms with E-state index in [0.717, 1.165) is 30.2 Å². The molecule has 0 saturated carbocycles. The fourth-order valence-corrected chi connectivity index (χ4v) is 2.29. The summed E-state index contributed by atoms with van der Waals surface area (Å²) in [6, 6.07) is 8.65. The molecule has 1 heterocycles. The molecule has 2 N–H and O–H groups in total. The Kier molecular flexibility index (Phi) is 4.32. The van der Waals surface area contributed by atoms with Crippen molar-refractivity contribution in [3.8, 4) is 17.2 Å². The van der Waals surface area contributed by atoms with E-state index in [-0.39, 0.29) is 17.9 Å². The normalized spacial score (nSPS) is 13.3. The molecule has 0 aromatic heterocycles. The van der Waals surface area contributed by atoms with Gasteiger partial charge in [-0.05, 0) is 35.9 Å². The molecule has 6 heteroatoms. The zero-order chi connectivity index (χ0) is 16.2. The Labute approximate surface area is 132 Å². The number of rotatable bonds is 3. The Morgan fingerprint density at radius 3 is 2.74 bits per heavy atom. The molecule has 23 heavy (non-hydrogen) atoms. The van der Waals surface area contributed by atoms with Gasteiger partial charge in [0.05, 0.1) is 18.8 Å². The van der Waals surface area contributed by atoms with Crippen molar-refractivity contribution in [2.45, 2.75) is 13.0 Å². The maximum atomic E-state index is 13.2. The molecule has 2 aromatic rings. The third-order valence-corrected chi connectivity index (χ3v) is 3.47. The van der Waals surface area contributed by atoms with Crippen LogP contribution in [0.2, 0.25) is 0 Å². The number of ether oxygens (including phenoxy) is 2. The SMILES string of the molecule is O=C(NCc1ccc2c(c1)OCCCO2)c1cc(F)ccc1O. The maximum absolute atomic E-state index is 13.2. The lowest BCUT2D eigenvalue weighted by atomic mass is 10.1. The van der Waals surface area contributed by atoms with Gasteiger partial charge in [-0.3, -0.25) is 4.79 Å². The molecule has 0 atom stereocenters. The summed E-state index contributed by atoms with van der Waals surface area (Å²) in [6.45, 7) is 1.42. The van der Waals surface area contributed by atoms with Gasteiger partial charge in [-0.25, -0.2) is 4.39 Å². The standard InChI is InChI=1S/C17H16FNO4/c18-12-3-4-14(20)13(9-12)17(21)19-10-11-2-5-15-16(8-11)23-7-1-6-22-15/h2-5,8-9,20H,1,6-7,10H2,(H,19,21). The van der Waals surface area contributed by atoms with Gasteiger partial charge in [0.25, 0.3) is 5.91 Å². The number of phenolic OH excluding ortho intramolecular Hbond substituents is 1. The van der Waals surface area contributed by atoms with Gasteiger partial charge >= 0.3 is 0 Å². The van der Waals surface area contributed by atoms with Gasteiger partial charge < -0.3 is 19.9 Å². The van der Waals surface area contributed by atoms with Gasteiger partial charge in [0, 0.05) is 13.0 Å². The molecule has 0 radical (unpaired) electrons. The smallest absolute Gasteiger partial charge is 0.255 e. The van der Waals surface area contributed by atoms with Crippen molar-refractivity contribution in [2.24, 2.45) is 0 Å². The van der Waals surface area contributed by atoms with Crippen LogP contribution >= 0.6 is 0 Å². The number of carbonyl (C=O) groups excluding carboxylic acids is 1. The van der Waals surface area contributed by atoms with Gasteiger partial charge in [-0.2, -0.15) is 0 Å². The number of aromatic hydroxyl groups is 1. The molecular weight excluding hydrogens is 301 g/mol. The topological polar surface area (TPSA) is 67.8 Å². The second-order valence-electron chi connectivity index (χ2n) is 5.18. The summed E-state index contributed by atoms with van der Waals surface area (Å²) >= 11 is 0. The van der Waals surface area contributed by atoms with Crippen LogP contribution in [0.3, 0.4) is 0 Å². The molecule has 120 valence electrons. The number of halogens is 1. The molecule has 0 spiro atoms. The van der Waals surface area contributed by atoms with E-state index in [1.165, 1.54) is 0 Å². The Balaban J connectivity index is 1.69. The Morgan fingerprint density at radius 2 is 1.91 bits per heavy atom. The van der Waals surface area contributed by atoms with E-state index < -0.39 is 11.7 Å². The van der Waals surface area contributed by atoms with Gasteiger partial charge in [-0.1, -0.05) is 6.07 Å². The number of amides is 1. The first-order valence-corrected chi connectivity index (χ1v) is 7.29. The molecule has 0 saturated heterocycles. The quantitative estimate of drug-likeness (QED) is 0.913. The van der Waals surface area contributed by atoms with Crippen LogP contribution in [0.1, 0.15) is 22.3 Å². The fourth-order valence-electron chi connectivity index (χ4n) is 2.29. The first kappa shape index (κ1) is 15.1. The van der Waals surface area contributed by atoms with Gasteiger partial charge in [0.15, 0.2) is 11.5 Å². The van der Waals surface area contributed by atoms with E-state index in [1.54, 1.807) is 12.1 Å². The summed E-state index contributed by atoms with van der Waals surface area (Å²) in [4.78, 5) is 12.0. The Hall–Kier alpha value is -2.76. The van der Waals surface area contributed by atoms with E-state index in [0.29, 0.717) is 24.7 Å². The number of nitrogens with one attached hydrogen (secondary N) is 1. The Morgan fingerprint density at radius 1 is 1.13 bits per heavy atom. The largest absolute Gasteiger partial charge is 0.507 e. The summed E-state index contributed by atoms with van der Waals surface area (Å²) < 4.78 is 24.3. The first-order chi connectivity index (χ1) is 11.1. The van der Waals surface area contributed by atoms with E-state index in [1.807, 2.05) is 6.07 Å². The number of hydrogen-bond donors (Lipinski definition) is 2. The van der Waals surface area contributed by atoms with Crippen LogP contribution in [-0.2, 0) is 6.54 Å². The van der Waals surface area contributed by atoms with E-state index >= 15 is 0 Å². The average Bonchev–Trinajstić information content (AvgIpc) is 2.79. The molecule has 1 amide bonds. The van der Waals surface area contributed by atoms with Crippen molar-refractivity contribution in [3.63, 3.8) is 0 Å². The monoisotopic (exact) mass is 317 g/mol. The number of phenols is 1. The molecule has 5 nitrogen and oxygen atoms in total. The predicted octanol–water partition coefficient (Wildman–Crippen LogP) is 2.62. The summed E-state index contributed by atoms with van der Waals surface area (Å²) in [5, 5.41) is 12.3. The van der Waals surface area contributed by atoms with Gasteiger partial charge in [0.2, 0.25) is 0 Å². The van der Waals surface area contributed by atoms with Crippen molar-refractivity contribution in [1.82, 2.24) is 5.32 Å². The third-order valence-electron chi connectivity index (χ3n) is 3.47. The van der Waals surface area contributed by atoms with Gasteiger partial charge in [0.1, 0.15) is 11.6 Å².